The number of hydrazone groups is 1. The molecule has 0 saturated carbocycles. The monoisotopic (exact) mass is 400 g/mol. The van der Waals surface area contributed by atoms with E-state index in [-0.39, 0.29) is 16.3 Å². The van der Waals surface area contributed by atoms with Gasteiger partial charge < -0.3 is 5.32 Å². The van der Waals surface area contributed by atoms with E-state index in [1.165, 1.54) is 18.2 Å². The van der Waals surface area contributed by atoms with E-state index >= 15 is 0 Å². The number of imide groups is 1. The summed E-state index contributed by atoms with van der Waals surface area (Å²) in [7, 11) is 0. The number of carbonyl (C=O) groups excluding carboxylic acids is 2. The number of hydrogen-bond acceptors (Lipinski definition) is 5. The highest BCUT2D eigenvalue weighted by Gasteiger charge is 2.47. The molecule has 1 heterocycles. The smallest absolute Gasteiger partial charge is 0.322 e. The quantitative estimate of drug-likeness (QED) is 0.346. The molecule has 8 nitrogen and oxygen atoms in total. The fourth-order valence-corrected chi connectivity index (χ4v) is 3.01. The van der Waals surface area contributed by atoms with Crippen LogP contribution < -0.4 is 5.32 Å². The Morgan fingerprint density at radius 3 is 2.64 bits per heavy atom. The van der Waals surface area contributed by atoms with Gasteiger partial charge in [-0.15, -0.1) is 5.01 Å². The molecular formula is C19H17ClN4O4. The van der Waals surface area contributed by atoms with E-state index in [4.69, 9.17) is 11.6 Å². The minimum absolute atomic E-state index is 0.171. The summed E-state index contributed by atoms with van der Waals surface area (Å²) in [6, 6.07) is 12.8. The number of hydrogen-bond donors (Lipinski definition) is 1. The molecule has 1 N–H and O–H groups in total. The molecule has 0 spiro atoms. The molecule has 1 aliphatic heterocycles. The van der Waals surface area contributed by atoms with Crippen molar-refractivity contribution in [3.63, 3.8) is 0 Å². The Bertz CT molecular complexity index is 964. The Morgan fingerprint density at radius 2 is 1.96 bits per heavy atom. The number of carbonyl (C=O) groups is 2. The second kappa shape index (κ2) is 7.77. The molecule has 144 valence electrons. The van der Waals surface area contributed by atoms with Crippen molar-refractivity contribution in [2.24, 2.45) is 5.10 Å². The Hall–Kier alpha value is -3.26. The topological polar surface area (TPSA) is 105 Å². The summed E-state index contributed by atoms with van der Waals surface area (Å²) in [5.41, 5.74) is 0.0257. The number of rotatable bonds is 6. The van der Waals surface area contributed by atoms with Crippen LogP contribution in [0.25, 0.3) is 0 Å². The Morgan fingerprint density at radius 1 is 1.25 bits per heavy atom. The van der Waals surface area contributed by atoms with Gasteiger partial charge in [-0.1, -0.05) is 41.9 Å². The number of urea groups is 1. The lowest BCUT2D eigenvalue weighted by atomic mass is 9.93. The molecule has 2 aromatic carbocycles. The van der Waals surface area contributed by atoms with Gasteiger partial charge >= 0.3 is 6.03 Å². The summed E-state index contributed by atoms with van der Waals surface area (Å²) < 4.78 is 0. The van der Waals surface area contributed by atoms with Crippen molar-refractivity contribution in [2.45, 2.75) is 25.3 Å². The number of nitro groups is 1. The molecular weight excluding hydrogens is 384 g/mol. The average Bonchev–Trinajstić information content (AvgIpc) is 2.89. The van der Waals surface area contributed by atoms with Crippen molar-refractivity contribution in [3.8, 4) is 0 Å². The molecule has 28 heavy (non-hydrogen) atoms. The first kappa shape index (κ1) is 19.5. The number of nitrogens with one attached hydrogen (secondary N) is 1. The minimum atomic E-state index is -1.09. The molecule has 9 heteroatoms. The zero-order valence-corrected chi connectivity index (χ0v) is 15.7. The van der Waals surface area contributed by atoms with E-state index in [0.29, 0.717) is 12.8 Å². The predicted octanol–water partition coefficient (Wildman–Crippen LogP) is 3.53. The van der Waals surface area contributed by atoms with E-state index < -0.39 is 22.4 Å². The van der Waals surface area contributed by atoms with Crippen molar-refractivity contribution in [1.29, 1.82) is 0 Å². The molecule has 2 aromatic rings. The largest absolute Gasteiger partial charge is 0.346 e. The van der Waals surface area contributed by atoms with Gasteiger partial charge in [0.25, 0.3) is 11.6 Å². The van der Waals surface area contributed by atoms with Gasteiger partial charge in [-0.3, -0.25) is 14.9 Å². The number of non-ortho nitro benzene ring substituents is 1. The molecule has 3 amide bonds. The van der Waals surface area contributed by atoms with Gasteiger partial charge in [0.1, 0.15) is 5.54 Å². The van der Waals surface area contributed by atoms with E-state index in [1.54, 1.807) is 6.92 Å². The van der Waals surface area contributed by atoms with Crippen LogP contribution in [0.15, 0.2) is 53.6 Å². The Labute approximate surface area is 165 Å². The summed E-state index contributed by atoms with van der Waals surface area (Å²) in [4.78, 5) is 35.3. The second-order valence-electron chi connectivity index (χ2n) is 6.57. The normalized spacial score (nSPS) is 19.3. The Kier molecular flexibility index (Phi) is 5.41. The molecule has 0 aromatic heterocycles. The number of amides is 3. The highest BCUT2D eigenvalue weighted by molar-refractivity contribution is 6.33. The van der Waals surface area contributed by atoms with E-state index in [1.807, 2.05) is 30.3 Å². The summed E-state index contributed by atoms with van der Waals surface area (Å²) >= 11 is 6.01. The van der Waals surface area contributed by atoms with Crippen LogP contribution >= 0.6 is 11.6 Å². The van der Waals surface area contributed by atoms with Crippen LogP contribution in [0, 0.1) is 10.1 Å². The maximum atomic E-state index is 12.7. The molecule has 1 saturated heterocycles. The van der Waals surface area contributed by atoms with E-state index in [2.05, 4.69) is 10.4 Å². The fourth-order valence-electron chi connectivity index (χ4n) is 2.85. The lowest BCUT2D eigenvalue weighted by Gasteiger charge is -2.20. The van der Waals surface area contributed by atoms with Gasteiger partial charge in [0.05, 0.1) is 11.1 Å². The molecule has 3 rings (SSSR count). The molecule has 0 radical (unpaired) electrons. The number of halogens is 1. The van der Waals surface area contributed by atoms with Crippen molar-refractivity contribution in [2.75, 3.05) is 0 Å². The molecule has 0 unspecified atom stereocenters. The lowest BCUT2D eigenvalue weighted by Crippen LogP contribution is -2.44. The van der Waals surface area contributed by atoms with Gasteiger partial charge in [0.15, 0.2) is 0 Å². The van der Waals surface area contributed by atoms with Crippen LogP contribution in [0.3, 0.4) is 0 Å². The minimum Gasteiger partial charge on any atom is -0.322 e. The maximum absolute atomic E-state index is 12.7. The number of nitro benzene ring substituents is 1. The van der Waals surface area contributed by atoms with Gasteiger partial charge in [-0.2, -0.15) is 5.10 Å². The van der Waals surface area contributed by atoms with Crippen LogP contribution in [0.5, 0.6) is 0 Å². The predicted molar refractivity (Wildman–Crippen MR) is 104 cm³/mol. The van der Waals surface area contributed by atoms with Crippen LogP contribution in [0.1, 0.15) is 24.5 Å². The summed E-state index contributed by atoms with van der Waals surface area (Å²) in [6.07, 6.45) is 2.18. The highest BCUT2D eigenvalue weighted by atomic mass is 35.5. The molecule has 0 aliphatic carbocycles. The lowest BCUT2D eigenvalue weighted by molar-refractivity contribution is -0.384. The van der Waals surface area contributed by atoms with E-state index in [0.717, 1.165) is 16.8 Å². The first-order valence-corrected chi connectivity index (χ1v) is 8.86. The van der Waals surface area contributed by atoms with Crippen molar-refractivity contribution < 1.29 is 14.5 Å². The van der Waals surface area contributed by atoms with E-state index in [9.17, 15) is 19.7 Å². The van der Waals surface area contributed by atoms with Gasteiger partial charge in [0, 0.05) is 22.7 Å². The highest BCUT2D eigenvalue weighted by Crippen LogP contribution is 2.25. The van der Waals surface area contributed by atoms with Gasteiger partial charge in [0.2, 0.25) is 0 Å². The van der Waals surface area contributed by atoms with Gasteiger partial charge in [-0.05, 0) is 31.4 Å². The number of benzene rings is 2. The second-order valence-corrected chi connectivity index (χ2v) is 6.98. The standard InChI is InChI=1S/C19H17ClN4O4/c1-19(10-9-13-5-3-2-4-6-13)17(25)23(18(26)22-19)21-12-14-11-15(24(27)28)7-8-16(14)20/h2-8,11-12H,9-10H2,1H3,(H,22,26)/b21-12-/t19-/m0/s1. The molecule has 0 bridgehead atoms. The van der Waals surface area contributed by atoms with Crippen LogP contribution in [0.4, 0.5) is 10.5 Å². The SMILES string of the molecule is C[C@@]1(CCc2ccccc2)NC(=O)N(/N=C\c2cc([N+](=O)[O-])ccc2Cl)C1=O. The summed E-state index contributed by atoms with van der Waals surface area (Å²) in [5.74, 6) is -0.494. The zero-order chi connectivity index (χ0) is 20.3. The number of nitrogens with zero attached hydrogens (tertiary/aromatic N) is 3. The third-order valence-corrected chi connectivity index (χ3v) is 4.84. The summed E-state index contributed by atoms with van der Waals surface area (Å²) in [6.45, 7) is 1.64. The van der Waals surface area contributed by atoms with Crippen LogP contribution in [-0.4, -0.2) is 33.6 Å². The van der Waals surface area contributed by atoms with Crippen LogP contribution in [0.2, 0.25) is 5.02 Å². The van der Waals surface area contributed by atoms with Crippen molar-refractivity contribution in [3.05, 3.63) is 74.8 Å². The molecule has 1 fully saturated rings. The zero-order valence-electron chi connectivity index (χ0n) is 15.0. The fraction of sp³-hybridized carbons (Fsp3) is 0.211. The van der Waals surface area contributed by atoms with Crippen molar-refractivity contribution in [1.82, 2.24) is 10.3 Å². The average molecular weight is 401 g/mol. The third kappa shape index (κ3) is 4.01. The Balaban J connectivity index is 1.76. The van der Waals surface area contributed by atoms with Crippen molar-refractivity contribution >= 4 is 35.4 Å². The van der Waals surface area contributed by atoms with Crippen LogP contribution in [-0.2, 0) is 11.2 Å². The molecule has 1 atom stereocenters. The maximum Gasteiger partial charge on any atom is 0.346 e. The first-order chi connectivity index (χ1) is 13.3. The molecule has 1 aliphatic rings. The van der Waals surface area contributed by atoms with Gasteiger partial charge in [-0.25, -0.2) is 4.79 Å². The third-order valence-electron chi connectivity index (χ3n) is 4.50. The summed E-state index contributed by atoms with van der Waals surface area (Å²) in [5, 5.41) is 18.4. The number of aryl methyl sites for hydroxylation is 1. The first-order valence-electron chi connectivity index (χ1n) is 8.49.